The number of anilines is 1. The van der Waals surface area contributed by atoms with Crippen molar-refractivity contribution in [3.05, 3.63) is 23.0 Å². The molecule has 1 N–H and O–H groups in total. The van der Waals surface area contributed by atoms with Crippen LogP contribution >= 0.6 is 11.6 Å². The van der Waals surface area contributed by atoms with E-state index in [4.69, 9.17) is 16.1 Å². The van der Waals surface area contributed by atoms with Crippen molar-refractivity contribution in [3.63, 3.8) is 0 Å². The molecule has 2 aromatic rings. The smallest absolute Gasteiger partial charge is 0.190 e. The van der Waals surface area contributed by atoms with E-state index in [-0.39, 0.29) is 5.02 Å². The van der Waals surface area contributed by atoms with E-state index in [9.17, 15) is 4.39 Å². The zero-order valence-electron chi connectivity index (χ0n) is 10.9. The Morgan fingerprint density at radius 1 is 1.35 bits per heavy atom. The number of hydrogen-bond donors (Lipinski definition) is 1. The van der Waals surface area contributed by atoms with Gasteiger partial charge in [-0.25, -0.2) is 4.39 Å². The zero-order chi connectivity index (χ0) is 13.7. The van der Waals surface area contributed by atoms with Gasteiger partial charge in [-0.1, -0.05) is 16.8 Å². The lowest BCUT2D eigenvalue weighted by Crippen LogP contribution is -2.53. The summed E-state index contributed by atoms with van der Waals surface area (Å²) in [5.74, 6) is 0.869. The minimum atomic E-state index is -0.482. The minimum Gasteiger partial charge on any atom is -0.362 e. The van der Waals surface area contributed by atoms with E-state index in [2.05, 4.69) is 15.4 Å². The van der Waals surface area contributed by atoms with Gasteiger partial charge in [-0.15, -0.1) is 0 Å². The summed E-state index contributed by atoms with van der Waals surface area (Å²) in [6.07, 6.45) is 2.45. The Morgan fingerprint density at radius 2 is 2.15 bits per heavy atom. The highest BCUT2D eigenvalue weighted by Gasteiger charge is 2.34. The molecule has 1 aromatic heterocycles. The van der Waals surface area contributed by atoms with Gasteiger partial charge >= 0.3 is 0 Å². The molecule has 1 aromatic carbocycles. The largest absolute Gasteiger partial charge is 0.362 e. The average molecular weight is 296 g/mol. The Bertz CT molecular complexity index is 651. The van der Waals surface area contributed by atoms with Gasteiger partial charge in [0.25, 0.3) is 0 Å². The summed E-state index contributed by atoms with van der Waals surface area (Å²) in [7, 11) is 0. The second-order valence-electron chi connectivity index (χ2n) is 5.66. The van der Waals surface area contributed by atoms with Gasteiger partial charge in [0.2, 0.25) is 0 Å². The van der Waals surface area contributed by atoms with Crippen LogP contribution in [0.4, 0.5) is 10.2 Å². The first-order valence-corrected chi connectivity index (χ1v) is 7.32. The molecular weight excluding hydrogens is 281 g/mol. The van der Waals surface area contributed by atoms with Crippen molar-refractivity contribution >= 4 is 28.4 Å². The van der Waals surface area contributed by atoms with Crippen LogP contribution in [0.2, 0.25) is 5.02 Å². The third-order valence-electron chi connectivity index (χ3n) is 4.51. The monoisotopic (exact) mass is 295 g/mol. The Balaban J connectivity index is 1.65. The summed E-state index contributed by atoms with van der Waals surface area (Å²) in [6.45, 7) is 3.42. The lowest BCUT2D eigenvalue weighted by molar-refractivity contribution is 0.0973. The fraction of sp³-hybridized carbons (Fsp3) is 0.500. The second kappa shape index (κ2) is 4.60. The maximum Gasteiger partial charge on any atom is 0.190 e. The summed E-state index contributed by atoms with van der Waals surface area (Å²) in [6, 6.07) is 3.40. The third kappa shape index (κ3) is 1.88. The van der Waals surface area contributed by atoms with E-state index in [1.807, 2.05) is 0 Å². The lowest BCUT2D eigenvalue weighted by Gasteiger charge is -2.44. The normalized spacial score (nSPS) is 29.0. The second-order valence-corrected chi connectivity index (χ2v) is 6.04. The van der Waals surface area contributed by atoms with Crippen molar-refractivity contribution in [2.75, 3.05) is 25.0 Å². The van der Waals surface area contributed by atoms with Gasteiger partial charge in [-0.2, -0.15) is 0 Å². The number of fused-ring (bicyclic) bond motifs is 4. The highest BCUT2D eigenvalue weighted by molar-refractivity contribution is 6.35. The van der Waals surface area contributed by atoms with Crippen molar-refractivity contribution in [2.24, 2.45) is 5.92 Å². The summed E-state index contributed by atoms with van der Waals surface area (Å²) < 4.78 is 18.6. The fourth-order valence-electron chi connectivity index (χ4n) is 3.36. The van der Waals surface area contributed by atoms with Crippen LogP contribution in [0.1, 0.15) is 12.8 Å². The summed E-state index contributed by atoms with van der Waals surface area (Å²) >= 11 is 5.90. The zero-order valence-corrected chi connectivity index (χ0v) is 11.7. The number of nitrogens with one attached hydrogen (secondary N) is 1. The van der Waals surface area contributed by atoms with Gasteiger partial charge < -0.3 is 14.7 Å². The van der Waals surface area contributed by atoms with Crippen molar-refractivity contribution in [1.82, 2.24) is 10.1 Å². The van der Waals surface area contributed by atoms with Gasteiger partial charge in [-0.05, 0) is 44.0 Å². The molecule has 4 heterocycles. The topological polar surface area (TPSA) is 41.3 Å². The van der Waals surface area contributed by atoms with E-state index in [0.29, 0.717) is 23.4 Å². The molecule has 3 aliphatic heterocycles. The molecule has 2 bridgehead atoms. The predicted octanol–water partition coefficient (Wildman–Crippen LogP) is 3.13. The molecule has 0 radical (unpaired) electrons. The van der Waals surface area contributed by atoms with Gasteiger partial charge in [0.05, 0.1) is 5.39 Å². The minimum absolute atomic E-state index is 0.00281. The first-order valence-electron chi connectivity index (χ1n) is 6.94. The quantitative estimate of drug-likeness (QED) is 0.924. The number of nitrogens with zero attached hydrogens (tertiary/aromatic N) is 2. The van der Waals surface area contributed by atoms with E-state index in [1.54, 1.807) is 6.07 Å². The molecule has 1 unspecified atom stereocenters. The molecule has 0 amide bonds. The summed E-state index contributed by atoms with van der Waals surface area (Å²) in [5.41, 5.74) is 0.315. The Labute approximate surface area is 120 Å². The van der Waals surface area contributed by atoms with Gasteiger partial charge in [0.15, 0.2) is 11.4 Å². The maximum atomic E-state index is 13.4. The molecule has 6 heteroatoms. The first kappa shape index (κ1) is 12.4. The van der Waals surface area contributed by atoms with Crippen molar-refractivity contribution < 1.29 is 8.91 Å². The van der Waals surface area contributed by atoms with Crippen molar-refractivity contribution in [1.29, 1.82) is 0 Å². The summed E-state index contributed by atoms with van der Waals surface area (Å²) in [5, 5.41) is 8.21. The van der Waals surface area contributed by atoms with Gasteiger partial charge in [0.1, 0.15) is 10.8 Å². The molecule has 106 valence electrons. The standard InChI is InChI=1S/C14H15ClFN3O/c15-12-10(16)2-1-9-13(12)20-18-14(9)17-11-7-19-5-3-8(11)4-6-19/h1-2,8,11H,3-7H2,(H,17,18). The van der Waals surface area contributed by atoms with Crippen LogP contribution in [0.3, 0.4) is 0 Å². The molecule has 3 fully saturated rings. The maximum absolute atomic E-state index is 13.4. The average Bonchev–Trinajstić information content (AvgIpc) is 2.88. The SMILES string of the molecule is Fc1ccc2c(NC3CN4CCC3CC4)noc2c1Cl. The molecule has 0 spiro atoms. The molecule has 20 heavy (non-hydrogen) atoms. The number of hydrogen-bond acceptors (Lipinski definition) is 4. The molecule has 4 nitrogen and oxygen atoms in total. The van der Waals surface area contributed by atoms with Gasteiger partial charge in [-0.3, -0.25) is 0 Å². The fourth-order valence-corrected chi connectivity index (χ4v) is 3.56. The number of halogens is 2. The number of rotatable bonds is 2. The third-order valence-corrected chi connectivity index (χ3v) is 4.86. The van der Waals surface area contributed by atoms with Crippen LogP contribution in [-0.2, 0) is 0 Å². The molecule has 3 saturated heterocycles. The Hall–Kier alpha value is -1.33. The molecular formula is C14H15ClFN3O. The lowest BCUT2D eigenvalue weighted by atomic mass is 9.84. The number of benzene rings is 1. The first-order chi connectivity index (χ1) is 9.72. The van der Waals surface area contributed by atoms with Crippen molar-refractivity contribution in [2.45, 2.75) is 18.9 Å². The van der Waals surface area contributed by atoms with Crippen LogP contribution in [-0.4, -0.2) is 35.7 Å². The predicted molar refractivity (Wildman–Crippen MR) is 75.6 cm³/mol. The van der Waals surface area contributed by atoms with E-state index >= 15 is 0 Å². The highest BCUT2D eigenvalue weighted by atomic mass is 35.5. The molecule has 0 aliphatic carbocycles. The van der Waals surface area contributed by atoms with Crippen LogP contribution < -0.4 is 5.32 Å². The van der Waals surface area contributed by atoms with Crippen LogP contribution in [0.15, 0.2) is 16.7 Å². The molecule has 0 saturated carbocycles. The Morgan fingerprint density at radius 3 is 2.85 bits per heavy atom. The highest BCUT2D eigenvalue weighted by Crippen LogP contribution is 2.34. The van der Waals surface area contributed by atoms with Crippen LogP contribution in [0, 0.1) is 11.7 Å². The Kier molecular flexibility index (Phi) is 2.86. The number of aromatic nitrogens is 1. The van der Waals surface area contributed by atoms with E-state index in [0.717, 1.165) is 11.9 Å². The molecule has 1 atom stereocenters. The van der Waals surface area contributed by atoms with Crippen LogP contribution in [0.5, 0.6) is 0 Å². The molecule has 5 rings (SSSR count). The van der Waals surface area contributed by atoms with Crippen LogP contribution in [0.25, 0.3) is 11.0 Å². The number of piperidine rings is 3. The van der Waals surface area contributed by atoms with Crippen molar-refractivity contribution in [3.8, 4) is 0 Å². The summed E-state index contributed by atoms with van der Waals surface area (Å²) in [4.78, 5) is 2.46. The molecule has 3 aliphatic rings. The van der Waals surface area contributed by atoms with E-state index in [1.165, 1.54) is 32.0 Å². The van der Waals surface area contributed by atoms with E-state index < -0.39 is 5.82 Å². The van der Waals surface area contributed by atoms with Gasteiger partial charge in [0, 0.05) is 12.6 Å².